The van der Waals surface area contributed by atoms with Gasteiger partial charge in [0.05, 0.1) is 35.1 Å². The first-order valence-electron chi connectivity index (χ1n) is 6.76. The van der Waals surface area contributed by atoms with Crippen LogP contribution in [0.1, 0.15) is 0 Å². The Morgan fingerprint density at radius 3 is 2.48 bits per heavy atom. The summed E-state index contributed by atoms with van der Waals surface area (Å²) in [6.07, 6.45) is 4.87. The highest BCUT2D eigenvalue weighted by Gasteiger charge is 2.03. The van der Waals surface area contributed by atoms with Crippen LogP contribution in [0, 0.1) is 5.95 Å². The Balaban J connectivity index is 1.76. The molecule has 0 unspecified atom stereocenters. The van der Waals surface area contributed by atoms with Crippen molar-refractivity contribution in [2.24, 2.45) is 0 Å². The standard InChI is InChI=1S/C16H14FN5S/c17-16-4-1-10(8-21-16)22-11-5-13(9-20-7-11)23-12-2-3-14(18)15(19)6-12/h1-9,22H,18-19H2. The van der Waals surface area contributed by atoms with E-state index in [1.165, 1.54) is 24.0 Å². The third-order valence-corrected chi connectivity index (χ3v) is 3.97. The zero-order valence-electron chi connectivity index (χ0n) is 12.0. The normalized spacial score (nSPS) is 10.5. The Kier molecular flexibility index (Phi) is 4.29. The van der Waals surface area contributed by atoms with Gasteiger partial charge in [0, 0.05) is 16.0 Å². The first-order chi connectivity index (χ1) is 11.1. The molecule has 3 rings (SSSR count). The molecule has 0 aliphatic heterocycles. The average molecular weight is 327 g/mol. The van der Waals surface area contributed by atoms with Gasteiger partial charge in [0.2, 0.25) is 5.95 Å². The summed E-state index contributed by atoms with van der Waals surface area (Å²) in [5, 5.41) is 3.13. The van der Waals surface area contributed by atoms with E-state index in [0.29, 0.717) is 17.1 Å². The van der Waals surface area contributed by atoms with Crippen LogP contribution in [0.3, 0.4) is 0 Å². The minimum atomic E-state index is -0.515. The molecule has 5 nitrogen and oxygen atoms in total. The quantitative estimate of drug-likeness (QED) is 0.500. The Morgan fingerprint density at radius 1 is 0.870 bits per heavy atom. The summed E-state index contributed by atoms with van der Waals surface area (Å²) in [5.41, 5.74) is 14.1. The Labute approximate surface area is 137 Å². The van der Waals surface area contributed by atoms with Gasteiger partial charge in [0.1, 0.15) is 0 Å². The van der Waals surface area contributed by atoms with E-state index in [-0.39, 0.29) is 0 Å². The summed E-state index contributed by atoms with van der Waals surface area (Å²) >= 11 is 1.52. The Bertz CT molecular complexity index is 823. The van der Waals surface area contributed by atoms with Gasteiger partial charge < -0.3 is 16.8 Å². The number of anilines is 4. The van der Waals surface area contributed by atoms with E-state index >= 15 is 0 Å². The van der Waals surface area contributed by atoms with Crippen molar-refractivity contribution in [1.29, 1.82) is 0 Å². The number of hydrogen-bond acceptors (Lipinski definition) is 6. The maximum atomic E-state index is 12.8. The number of nitrogens with zero attached hydrogens (tertiary/aromatic N) is 2. The third kappa shape index (κ3) is 3.89. The number of halogens is 1. The number of hydrogen-bond donors (Lipinski definition) is 3. The van der Waals surface area contributed by atoms with Crippen molar-refractivity contribution < 1.29 is 4.39 Å². The van der Waals surface area contributed by atoms with E-state index in [1.54, 1.807) is 24.5 Å². The fraction of sp³-hybridized carbons (Fsp3) is 0. The lowest BCUT2D eigenvalue weighted by atomic mass is 10.3. The Morgan fingerprint density at radius 2 is 1.74 bits per heavy atom. The molecule has 0 bridgehead atoms. The molecular formula is C16H14FN5S. The molecule has 0 aliphatic rings. The topological polar surface area (TPSA) is 89.8 Å². The van der Waals surface area contributed by atoms with Crippen molar-refractivity contribution in [3.63, 3.8) is 0 Å². The minimum Gasteiger partial charge on any atom is -0.397 e. The summed E-state index contributed by atoms with van der Waals surface area (Å²) in [4.78, 5) is 9.71. The summed E-state index contributed by atoms with van der Waals surface area (Å²) in [6, 6.07) is 10.4. The number of nitrogens with one attached hydrogen (secondary N) is 1. The van der Waals surface area contributed by atoms with Crippen LogP contribution in [0.25, 0.3) is 0 Å². The molecule has 2 aromatic heterocycles. The second kappa shape index (κ2) is 6.53. The number of nitrogen functional groups attached to an aromatic ring is 2. The summed E-state index contributed by atoms with van der Waals surface area (Å²) < 4.78 is 12.8. The largest absolute Gasteiger partial charge is 0.397 e. The molecule has 2 heterocycles. The van der Waals surface area contributed by atoms with Gasteiger partial charge in [-0.05, 0) is 36.4 Å². The van der Waals surface area contributed by atoms with E-state index in [0.717, 1.165) is 15.5 Å². The third-order valence-electron chi connectivity index (χ3n) is 3.02. The first kappa shape index (κ1) is 15.1. The molecule has 5 N–H and O–H groups in total. The SMILES string of the molecule is Nc1ccc(Sc2cncc(Nc3ccc(F)nc3)c2)cc1N. The van der Waals surface area contributed by atoms with Crippen molar-refractivity contribution in [1.82, 2.24) is 9.97 Å². The maximum absolute atomic E-state index is 12.8. The molecule has 0 amide bonds. The van der Waals surface area contributed by atoms with E-state index in [4.69, 9.17) is 11.5 Å². The van der Waals surface area contributed by atoms with Gasteiger partial charge in [-0.15, -0.1) is 0 Å². The highest BCUT2D eigenvalue weighted by atomic mass is 32.2. The lowest BCUT2D eigenvalue weighted by molar-refractivity contribution is 0.584. The van der Waals surface area contributed by atoms with E-state index in [1.807, 2.05) is 18.2 Å². The molecule has 0 spiro atoms. The molecule has 0 saturated heterocycles. The molecule has 0 saturated carbocycles. The van der Waals surface area contributed by atoms with Crippen molar-refractivity contribution in [2.75, 3.05) is 16.8 Å². The van der Waals surface area contributed by atoms with Crippen molar-refractivity contribution in [3.05, 3.63) is 60.9 Å². The number of benzene rings is 1. The number of nitrogens with two attached hydrogens (primary N) is 2. The van der Waals surface area contributed by atoms with Crippen molar-refractivity contribution >= 4 is 34.5 Å². The van der Waals surface area contributed by atoms with Gasteiger partial charge in [-0.25, -0.2) is 4.98 Å². The number of aromatic nitrogens is 2. The maximum Gasteiger partial charge on any atom is 0.212 e. The second-order valence-corrected chi connectivity index (χ2v) is 5.94. The van der Waals surface area contributed by atoms with E-state index < -0.39 is 5.95 Å². The molecule has 23 heavy (non-hydrogen) atoms. The van der Waals surface area contributed by atoms with Gasteiger partial charge in [-0.1, -0.05) is 11.8 Å². The van der Waals surface area contributed by atoms with E-state index in [2.05, 4.69) is 15.3 Å². The number of pyridine rings is 2. The van der Waals surface area contributed by atoms with Crippen LogP contribution in [0.5, 0.6) is 0 Å². The molecule has 0 atom stereocenters. The van der Waals surface area contributed by atoms with Gasteiger partial charge in [0.15, 0.2) is 0 Å². The van der Waals surface area contributed by atoms with Gasteiger partial charge >= 0.3 is 0 Å². The van der Waals surface area contributed by atoms with E-state index in [9.17, 15) is 4.39 Å². The zero-order valence-corrected chi connectivity index (χ0v) is 12.8. The smallest absolute Gasteiger partial charge is 0.212 e. The monoisotopic (exact) mass is 327 g/mol. The fourth-order valence-corrected chi connectivity index (χ4v) is 2.81. The molecule has 0 fully saturated rings. The highest BCUT2D eigenvalue weighted by molar-refractivity contribution is 7.99. The predicted octanol–water partition coefficient (Wildman–Crippen LogP) is 3.67. The average Bonchev–Trinajstić information content (AvgIpc) is 2.54. The molecule has 7 heteroatoms. The van der Waals surface area contributed by atoms with Crippen LogP contribution in [-0.2, 0) is 0 Å². The van der Waals surface area contributed by atoms with Crippen LogP contribution >= 0.6 is 11.8 Å². The zero-order chi connectivity index (χ0) is 16.2. The molecule has 116 valence electrons. The summed E-state index contributed by atoms with van der Waals surface area (Å²) in [7, 11) is 0. The van der Waals surface area contributed by atoms with Crippen LogP contribution < -0.4 is 16.8 Å². The molecule has 3 aromatic rings. The summed E-state index contributed by atoms with van der Waals surface area (Å²) in [5.74, 6) is -0.515. The molecule has 0 radical (unpaired) electrons. The van der Waals surface area contributed by atoms with Crippen LogP contribution in [-0.4, -0.2) is 9.97 Å². The van der Waals surface area contributed by atoms with Crippen molar-refractivity contribution in [2.45, 2.75) is 9.79 Å². The van der Waals surface area contributed by atoms with Gasteiger partial charge in [-0.3, -0.25) is 4.98 Å². The molecular weight excluding hydrogens is 313 g/mol. The Hall–Kier alpha value is -2.80. The predicted molar refractivity (Wildman–Crippen MR) is 91.1 cm³/mol. The molecule has 0 aliphatic carbocycles. The van der Waals surface area contributed by atoms with Crippen LogP contribution in [0.2, 0.25) is 0 Å². The summed E-state index contributed by atoms with van der Waals surface area (Å²) in [6.45, 7) is 0. The first-order valence-corrected chi connectivity index (χ1v) is 7.58. The minimum absolute atomic E-state index is 0.515. The molecule has 1 aromatic carbocycles. The van der Waals surface area contributed by atoms with Crippen LogP contribution in [0.15, 0.2) is 64.8 Å². The van der Waals surface area contributed by atoms with Gasteiger partial charge in [0.25, 0.3) is 0 Å². The second-order valence-electron chi connectivity index (χ2n) is 4.80. The van der Waals surface area contributed by atoms with Crippen molar-refractivity contribution in [3.8, 4) is 0 Å². The van der Waals surface area contributed by atoms with Crippen LogP contribution in [0.4, 0.5) is 27.1 Å². The highest BCUT2D eigenvalue weighted by Crippen LogP contribution is 2.31. The number of rotatable bonds is 4. The van der Waals surface area contributed by atoms with Gasteiger partial charge in [-0.2, -0.15) is 4.39 Å². The fourth-order valence-electron chi connectivity index (χ4n) is 1.91. The lowest BCUT2D eigenvalue weighted by Gasteiger charge is -2.08. The lowest BCUT2D eigenvalue weighted by Crippen LogP contribution is -1.94.